The number of nitrogens with zero attached hydrogens (tertiary/aromatic N) is 1. The highest BCUT2D eigenvalue weighted by atomic mass is 28.4. The second-order valence-electron chi connectivity index (χ2n) is 8.96. The zero-order valence-electron chi connectivity index (χ0n) is 19.6. The average Bonchev–Trinajstić information content (AvgIpc) is 2.64. The van der Waals surface area contributed by atoms with Crippen LogP contribution in [0.25, 0.3) is 0 Å². The molecule has 0 saturated carbocycles. The molecule has 31 heavy (non-hydrogen) atoms. The molecule has 8 nitrogen and oxygen atoms in total. The third-order valence-electron chi connectivity index (χ3n) is 6.32. The Kier molecular flexibility index (Phi) is 7.99. The van der Waals surface area contributed by atoms with Crippen LogP contribution >= 0.6 is 0 Å². The third-order valence-corrected chi connectivity index (χ3v) is 12.3. The van der Waals surface area contributed by atoms with Crippen molar-refractivity contribution in [2.75, 3.05) is 20.3 Å². The van der Waals surface area contributed by atoms with Crippen molar-refractivity contribution in [2.45, 2.75) is 70.6 Å². The third kappa shape index (κ3) is 4.82. The van der Waals surface area contributed by atoms with Crippen LogP contribution in [0.3, 0.4) is 0 Å². The summed E-state index contributed by atoms with van der Waals surface area (Å²) >= 11 is 0. The molecule has 1 aromatic carbocycles. The van der Waals surface area contributed by atoms with E-state index in [2.05, 4.69) is 41.5 Å². The van der Waals surface area contributed by atoms with Crippen LogP contribution in [-0.4, -0.2) is 56.6 Å². The first-order valence-corrected chi connectivity index (χ1v) is 12.9. The van der Waals surface area contributed by atoms with Gasteiger partial charge in [0.15, 0.2) is 5.75 Å². The Hall–Kier alpha value is -2.26. The Labute approximate surface area is 185 Å². The highest BCUT2D eigenvalue weighted by molar-refractivity contribution is 6.78. The first kappa shape index (κ1) is 25.0. The maximum absolute atomic E-state index is 13.1. The quantitative estimate of drug-likeness (QED) is 0.550. The van der Waals surface area contributed by atoms with Gasteiger partial charge in [0, 0.05) is 18.7 Å². The summed E-state index contributed by atoms with van der Waals surface area (Å²) in [6.45, 7) is 13.4. The largest absolute Gasteiger partial charge is 0.540 e. The summed E-state index contributed by atoms with van der Waals surface area (Å²) in [6.07, 6.45) is -0.301. The first-order valence-electron chi connectivity index (χ1n) is 10.8. The summed E-state index contributed by atoms with van der Waals surface area (Å²) in [7, 11) is -0.829. The monoisotopic (exact) mass is 452 g/mol. The van der Waals surface area contributed by atoms with Gasteiger partial charge >= 0.3 is 6.09 Å². The van der Waals surface area contributed by atoms with Crippen molar-refractivity contribution in [1.29, 1.82) is 0 Å². The molecule has 1 atom stereocenters. The number of carbonyl (C=O) groups excluding carboxylic acids is 2. The van der Waals surface area contributed by atoms with E-state index in [1.807, 2.05) is 0 Å². The van der Waals surface area contributed by atoms with Crippen molar-refractivity contribution >= 4 is 20.3 Å². The van der Waals surface area contributed by atoms with Crippen LogP contribution in [-0.2, 0) is 0 Å². The van der Waals surface area contributed by atoms with Gasteiger partial charge in [0.05, 0.1) is 25.3 Å². The number of aliphatic hydroxyl groups is 1. The second-order valence-corrected chi connectivity index (χ2v) is 14.3. The van der Waals surface area contributed by atoms with E-state index in [0.29, 0.717) is 34.7 Å². The fourth-order valence-corrected chi connectivity index (χ4v) is 9.98. The minimum atomic E-state index is -2.34. The summed E-state index contributed by atoms with van der Waals surface area (Å²) in [5, 5.41) is 9.46. The highest BCUT2D eigenvalue weighted by Crippen LogP contribution is 2.46. The smallest absolute Gasteiger partial charge is 0.409 e. The molecular formula is C22H36N2O6Si. The fourth-order valence-electron chi connectivity index (χ4n) is 4.74. The Morgan fingerprint density at radius 3 is 2.06 bits per heavy atom. The number of likely N-dealkylation sites (tertiary alicyclic amines) is 1. The number of carbonyl (C=O) groups is 2. The molecule has 0 radical (unpaired) electrons. The maximum atomic E-state index is 13.1. The van der Waals surface area contributed by atoms with Crippen molar-refractivity contribution in [3.05, 3.63) is 17.7 Å². The lowest BCUT2D eigenvalue weighted by Crippen LogP contribution is -2.53. The van der Waals surface area contributed by atoms with Gasteiger partial charge in [0.25, 0.3) is 14.2 Å². The molecule has 174 valence electrons. The molecule has 1 saturated heterocycles. The zero-order chi connectivity index (χ0) is 23.5. The zero-order valence-corrected chi connectivity index (χ0v) is 20.6. The Morgan fingerprint density at radius 2 is 1.68 bits per heavy atom. The van der Waals surface area contributed by atoms with Crippen molar-refractivity contribution in [2.24, 2.45) is 5.73 Å². The number of nitrogens with two attached hydrogens (primary N) is 1. The molecule has 0 bridgehead atoms. The van der Waals surface area contributed by atoms with Gasteiger partial charge in [0.2, 0.25) is 0 Å². The number of hydrogen-bond acceptors (Lipinski definition) is 6. The van der Waals surface area contributed by atoms with Gasteiger partial charge in [-0.15, -0.1) is 0 Å². The number of rotatable bonds is 9. The lowest BCUT2D eigenvalue weighted by molar-refractivity contribution is 0.0293. The van der Waals surface area contributed by atoms with E-state index < -0.39 is 14.4 Å². The minimum absolute atomic E-state index is 0.0241. The molecule has 0 unspecified atom stereocenters. The van der Waals surface area contributed by atoms with Gasteiger partial charge in [0.1, 0.15) is 11.5 Å². The van der Waals surface area contributed by atoms with Gasteiger partial charge < -0.3 is 29.6 Å². The normalized spacial score (nSPS) is 16.5. The second kappa shape index (κ2) is 9.91. The molecule has 2 amide bonds. The molecular weight excluding hydrogens is 416 g/mol. The lowest BCUT2D eigenvalue weighted by atomic mass is 10.0. The van der Waals surface area contributed by atoms with Crippen LogP contribution < -0.4 is 19.6 Å². The molecule has 1 aliphatic rings. The molecule has 1 fully saturated rings. The number of amides is 2. The molecule has 0 spiro atoms. The summed E-state index contributed by atoms with van der Waals surface area (Å²) in [5.74, 6) is 0.489. The Morgan fingerprint density at radius 1 is 1.10 bits per heavy atom. The molecule has 1 heterocycles. The van der Waals surface area contributed by atoms with E-state index in [4.69, 9.17) is 19.6 Å². The summed E-state index contributed by atoms with van der Waals surface area (Å²) < 4.78 is 17.5. The van der Waals surface area contributed by atoms with Crippen LogP contribution in [0.1, 0.15) is 58.3 Å². The Bertz CT molecular complexity index is 788. The van der Waals surface area contributed by atoms with Gasteiger partial charge in [-0.1, -0.05) is 41.5 Å². The van der Waals surface area contributed by atoms with Crippen LogP contribution in [0.15, 0.2) is 12.1 Å². The van der Waals surface area contributed by atoms with Gasteiger partial charge in [-0.05, 0) is 23.0 Å². The Balaban J connectivity index is 2.59. The summed E-state index contributed by atoms with van der Waals surface area (Å²) in [6, 6.07) is 2.81. The number of primary amides is 1. The van der Waals surface area contributed by atoms with Crippen molar-refractivity contribution in [3.8, 4) is 17.2 Å². The van der Waals surface area contributed by atoms with E-state index in [1.54, 1.807) is 4.90 Å². The van der Waals surface area contributed by atoms with Crippen LogP contribution in [0.2, 0.25) is 16.6 Å². The molecule has 9 heteroatoms. The minimum Gasteiger partial charge on any atom is -0.540 e. The predicted octanol–water partition coefficient (Wildman–Crippen LogP) is 3.91. The average molecular weight is 453 g/mol. The number of aliphatic hydroxyl groups excluding tert-OH is 1. The number of benzene rings is 1. The van der Waals surface area contributed by atoms with E-state index in [0.717, 1.165) is 6.42 Å². The standard InChI is InChI=1S/C22H36N2O6Si/c1-13(2)31(14(3)4,15(5)6)30-20-11-18(29-22(23)27)17(10-19(20)28-7)21(26)24-9-8-16(24)12-25/h10-11,13-16,25H,8-9,12H2,1-7H3,(H2,23,27)/t16-/m0/s1. The van der Waals surface area contributed by atoms with E-state index in [9.17, 15) is 14.7 Å². The van der Waals surface area contributed by atoms with Crippen molar-refractivity contribution in [1.82, 2.24) is 4.90 Å². The lowest BCUT2D eigenvalue weighted by Gasteiger charge is -2.42. The summed E-state index contributed by atoms with van der Waals surface area (Å²) in [5.41, 5.74) is 6.35. The molecule has 1 aliphatic heterocycles. The number of hydrogen-bond donors (Lipinski definition) is 2. The predicted molar refractivity (Wildman–Crippen MR) is 121 cm³/mol. The van der Waals surface area contributed by atoms with Gasteiger partial charge in [-0.25, -0.2) is 4.79 Å². The van der Waals surface area contributed by atoms with Crippen LogP contribution in [0.4, 0.5) is 4.79 Å². The number of ether oxygens (including phenoxy) is 2. The molecule has 0 aliphatic carbocycles. The molecule has 2 rings (SSSR count). The molecule has 3 N–H and O–H groups in total. The van der Waals surface area contributed by atoms with E-state index in [1.165, 1.54) is 19.2 Å². The fraction of sp³-hybridized carbons (Fsp3) is 0.636. The highest BCUT2D eigenvalue weighted by Gasteiger charge is 2.47. The van der Waals surface area contributed by atoms with Gasteiger partial charge in [-0.2, -0.15) is 0 Å². The molecule has 1 aromatic rings. The van der Waals surface area contributed by atoms with Crippen LogP contribution in [0, 0.1) is 0 Å². The molecule has 0 aromatic heterocycles. The van der Waals surface area contributed by atoms with Crippen molar-refractivity contribution in [3.63, 3.8) is 0 Å². The summed E-state index contributed by atoms with van der Waals surface area (Å²) in [4.78, 5) is 26.2. The number of methoxy groups -OCH3 is 1. The van der Waals surface area contributed by atoms with E-state index in [-0.39, 0.29) is 29.9 Å². The van der Waals surface area contributed by atoms with E-state index >= 15 is 0 Å². The van der Waals surface area contributed by atoms with Crippen LogP contribution in [0.5, 0.6) is 17.2 Å². The maximum Gasteiger partial charge on any atom is 0.409 e. The van der Waals surface area contributed by atoms with Crippen molar-refractivity contribution < 1.29 is 28.6 Å². The first-order chi connectivity index (χ1) is 14.5. The van der Waals surface area contributed by atoms with Gasteiger partial charge in [-0.3, -0.25) is 4.79 Å². The SMILES string of the molecule is COc1cc(C(=O)N2CC[C@H]2CO)c(OC(N)=O)cc1O[Si](C(C)C)(C(C)C)C(C)C. The topological polar surface area (TPSA) is 111 Å².